The van der Waals surface area contributed by atoms with Gasteiger partial charge in [0.1, 0.15) is 0 Å². The van der Waals surface area contributed by atoms with E-state index in [1.165, 1.54) is 12.1 Å². The molecule has 23 heavy (non-hydrogen) atoms. The zero-order chi connectivity index (χ0) is 16.7. The average Bonchev–Trinajstić information content (AvgIpc) is 2.51. The molecule has 1 aromatic carbocycles. The highest BCUT2D eigenvalue weighted by molar-refractivity contribution is 6.40. The van der Waals surface area contributed by atoms with E-state index in [1.807, 2.05) is 0 Å². The van der Waals surface area contributed by atoms with Gasteiger partial charge in [-0.25, -0.2) is 0 Å². The van der Waals surface area contributed by atoms with Crippen LogP contribution in [0.2, 0.25) is 10.0 Å². The fourth-order valence-electron chi connectivity index (χ4n) is 2.22. The number of hydrogen-bond donors (Lipinski definition) is 2. The maximum Gasteiger partial charge on any atom is 0.313 e. The van der Waals surface area contributed by atoms with Gasteiger partial charge in [-0.2, -0.15) is 0 Å². The Morgan fingerprint density at radius 3 is 2.39 bits per heavy atom. The highest BCUT2D eigenvalue weighted by atomic mass is 35.5. The molecular weight excluding hydrogens is 341 g/mol. The Hall–Kier alpha value is -1.34. The van der Waals surface area contributed by atoms with E-state index in [9.17, 15) is 9.59 Å². The van der Waals surface area contributed by atoms with Crippen molar-refractivity contribution in [3.63, 3.8) is 0 Å². The van der Waals surface area contributed by atoms with Crippen molar-refractivity contribution in [2.75, 3.05) is 44.7 Å². The van der Waals surface area contributed by atoms with Crippen LogP contribution in [0.1, 0.15) is 6.42 Å². The number of ether oxygens (including phenoxy) is 1. The molecule has 0 saturated carbocycles. The first-order chi connectivity index (χ1) is 11.0. The second-order valence-corrected chi connectivity index (χ2v) is 6.05. The van der Waals surface area contributed by atoms with Gasteiger partial charge in [0.25, 0.3) is 0 Å². The molecule has 0 aliphatic carbocycles. The van der Waals surface area contributed by atoms with Gasteiger partial charge in [-0.05, 0) is 31.2 Å². The van der Waals surface area contributed by atoms with Crippen molar-refractivity contribution in [3.8, 4) is 0 Å². The van der Waals surface area contributed by atoms with Gasteiger partial charge < -0.3 is 15.4 Å². The standard InChI is InChI=1S/C15H19Cl2N3O3/c16-11-8-12(17)10-13(9-11)19-15(22)14(21)18-2-1-3-20-4-6-23-7-5-20/h8-10H,1-7H2,(H,18,21)(H,19,22). The van der Waals surface area contributed by atoms with Crippen LogP contribution >= 0.6 is 23.2 Å². The Morgan fingerprint density at radius 1 is 1.09 bits per heavy atom. The van der Waals surface area contributed by atoms with Gasteiger partial charge in [-0.1, -0.05) is 23.2 Å². The quantitative estimate of drug-likeness (QED) is 0.620. The maximum atomic E-state index is 11.8. The third-order valence-corrected chi connectivity index (χ3v) is 3.80. The summed E-state index contributed by atoms with van der Waals surface area (Å²) in [4.78, 5) is 25.8. The minimum atomic E-state index is -0.741. The number of nitrogens with one attached hydrogen (secondary N) is 2. The third-order valence-electron chi connectivity index (χ3n) is 3.37. The molecule has 0 atom stereocenters. The number of nitrogens with zero attached hydrogens (tertiary/aromatic N) is 1. The first kappa shape index (κ1) is 18.0. The predicted molar refractivity (Wildman–Crippen MR) is 90.0 cm³/mol. The van der Waals surface area contributed by atoms with Crippen molar-refractivity contribution in [1.82, 2.24) is 10.2 Å². The lowest BCUT2D eigenvalue weighted by atomic mass is 10.3. The lowest BCUT2D eigenvalue weighted by molar-refractivity contribution is -0.136. The number of anilines is 1. The molecule has 2 amide bonds. The third kappa shape index (κ3) is 6.35. The van der Waals surface area contributed by atoms with Crippen molar-refractivity contribution < 1.29 is 14.3 Å². The lowest BCUT2D eigenvalue weighted by Crippen LogP contribution is -2.39. The van der Waals surface area contributed by atoms with Crippen LogP contribution in [0.5, 0.6) is 0 Å². The van der Waals surface area contributed by atoms with E-state index in [1.54, 1.807) is 6.07 Å². The molecule has 0 bridgehead atoms. The van der Waals surface area contributed by atoms with Crippen LogP contribution in [0.25, 0.3) is 0 Å². The normalized spacial score (nSPS) is 15.2. The molecule has 126 valence electrons. The van der Waals surface area contributed by atoms with Gasteiger partial charge >= 0.3 is 11.8 Å². The van der Waals surface area contributed by atoms with E-state index in [0.717, 1.165) is 39.3 Å². The minimum Gasteiger partial charge on any atom is -0.379 e. The highest BCUT2D eigenvalue weighted by Gasteiger charge is 2.14. The zero-order valence-electron chi connectivity index (χ0n) is 12.6. The fourth-order valence-corrected chi connectivity index (χ4v) is 2.75. The molecular formula is C15H19Cl2N3O3. The molecule has 8 heteroatoms. The molecule has 2 N–H and O–H groups in total. The van der Waals surface area contributed by atoms with Crippen molar-refractivity contribution in [2.24, 2.45) is 0 Å². The molecule has 1 fully saturated rings. The molecule has 0 aromatic heterocycles. The van der Waals surface area contributed by atoms with Crippen LogP contribution in [-0.2, 0) is 14.3 Å². The fraction of sp³-hybridized carbons (Fsp3) is 0.467. The molecule has 1 aliphatic heterocycles. The van der Waals surface area contributed by atoms with Crippen LogP contribution < -0.4 is 10.6 Å². The number of amides is 2. The Bertz CT molecular complexity index is 543. The van der Waals surface area contributed by atoms with Crippen LogP contribution in [-0.4, -0.2) is 56.1 Å². The van der Waals surface area contributed by atoms with E-state index in [-0.39, 0.29) is 0 Å². The molecule has 0 radical (unpaired) electrons. The number of benzene rings is 1. The summed E-state index contributed by atoms with van der Waals surface area (Å²) < 4.78 is 5.27. The minimum absolute atomic E-state index is 0.385. The largest absolute Gasteiger partial charge is 0.379 e. The van der Waals surface area contributed by atoms with Gasteiger partial charge in [0.2, 0.25) is 0 Å². The summed E-state index contributed by atoms with van der Waals surface area (Å²) in [6.45, 7) is 4.62. The lowest BCUT2D eigenvalue weighted by Gasteiger charge is -2.26. The molecule has 2 rings (SSSR count). The number of rotatable bonds is 5. The monoisotopic (exact) mass is 359 g/mol. The van der Waals surface area contributed by atoms with Gasteiger partial charge in [0, 0.05) is 35.4 Å². The smallest absolute Gasteiger partial charge is 0.313 e. The van der Waals surface area contributed by atoms with E-state index in [0.29, 0.717) is 22.3 Å². The SMILES string of the molecule is O=C(NCCCN1CCOCC1)C(=O)Nc1cc(Cl)cc(Cl)c1. The van der Waals surface area contributed by atoms with Crippen molar-refractivity contribution >= 4 is 40.7 Å². The summed E-state index contributed by atoms with van der Waals surface area (Å²) >= 11 is 11.7. The zero-order valence-corrected chi connectivity index (χ0v) is 14.1. The number of carbonyl (C=O) groups excluding carboxylic acids is 2. The number of carbonyl (C=O) groups is 2. The van der Waals surface area contributed by atoms with E-state index in [4.69, 9.17) is 27.9 Å². The summed E-state index contributed by atoms with van der Waals surface area (Å²) in [5.41, 5.74) is 0.385. The van der Waals surface area contributed by atoms with Crippen LogP contribution in [0.4, 0.5) is 5.69 Å². The second-order valence-electron chi connectivity index (χ2n) is 5.18. The van der Waals surface area contributed by atoms with Gasteiger partial charge in [-0.3, -0.25) is 14.5 Å². The van der Waals surface area contributed by atoms with Gasteiger partial charge in [0.15, 0.2) is 0 Å². The number of halogens is 2. The molecule has 1 aromatic rings. The first-order valence-electron chi connectivity index (χ1n) is 7.40. The Balaban J connectivity index is 1.69. The molecule has 1 heterocycles. The summed E-state index contributed by atoms with van der Waals surface area (Å²) in [5, 5.41) is 5.84. The van der Waals surface area contributed by atoms with Gasteiger partial charge in [-0.15, -0.1) is 0 Å². The maximum absolute atomic E-state index is 11.8. The van der Waals surface area contributed by atoms with Crippen molar-refractivity contribution in [2.45, 2.75) is 6.42 Å². The predicted octanol–water partition coefficient (Wildman–Crippen LogP) is 1.77. The van der Waals surface area contributed by atoms with Gasteiger partial charge in [0.05, 0.1) is 13.2 Å². The first-order valence-corrected chi connectivity index (χ1v) is 8.15. The van der Waals surface area contributed by atoms with Crippen LogP contribution in [0.15, 0.2) is 18.2 Å². The molecule has 1 aliphatic rings. The number of hydrogen-bond acceptors (Lipinski definition) is 4. The number of morpholine rings is 1. The summed E-state index contributed by atoms with van der Waals surface area (Å²) in [7, 11) is 0. The molecule has 1 saturated heterocycles. The van der Waals surface area contributed by atoms with Crippen LogP contribution in [0.3, 0.4) is 0 Å². The van der Waals surface area contributed by atoms with Crippen molar-refractivity contribution in [3.05, 3.63) is 28.2 Å². The van der Waals surface area contributed by atoms with E-state index < -0.39 is 11.8 Å². The summed E-state index contributed by atoms with van der Waals surface area (Å²) in [5.74, 6) is -1.42. The van der Waals surface area contributed by atoms with E-state index in [2.05, 4.69) is 15.5 Å². The Kier molecular flexibility index (Phi) is 7.11. The summed E-state index contributed by atoms with van der Waals surface area (Å²) in [6, 6.07) is 4.60. The van der Waals surface area contributed by atoms with Crippen LogP contribution in [0, 0.1) is 0 Å². The molecule has 0 spiro atoms. The summed E-state index contributed by atoms with van der Waals surface area (Å²) in [6.07, 6.45) is 0.780. The molecule has 0 unspecified atom stereocenters. The highest BCUT2D eigenvalue weighted by Crippen LogP contribution is 2.22. The molecule has 6 nitrogen and oxygen atoms in total. The average molecular weight is 360 g/mol. The Labute approximate surface area is 145 Å². The second kappa shape index (κ2) is 9.08. The van der Waals surface area contributed by atoms with Crippen molar-refractivity contribution in [1.29, 1.82) is 0 Å². The Morgan fingerprint density at radius 2 is 1.74 bits per heavy atom. The topological polar surface area (TPSA) is 70.7 Å². The van der Waals surface area contributed by atoms with E-state index >= 15 is 0 Å².